The van der Waals surface area contributed by atoms with E-state index in [9.17, 15) is 4.79 Å². The molecule has 2 aromatic rings. The zero-order chi connectivity index (χ0) is 20.1. The summed E-state index contributed by atoms with van der Waals surface area (Å²) in [5.74, 6) is 1.56. The van der Waals surface area contributed by atoms with Crippen LogP contribution >= 0.6 is 0 Å². The molecule has 3 heteroatoms. The first kappa shape index (κ1) is 20.4. The summed E-state index contributed by atoms with van der Waals surface area (Å²) in [5.41, 5.74) is 2.23. The summed E-state index contributed by atoms with van der Waals surface area (Å²) in [5, 5.41) is 0. The standard InChI is InChI=1S/C25H32O3/c1-18-10-15-22(25(2,3)20-8-6-5-7-9-20)23(16-18)28-24(26)17-19-11-13-21(27-4)14-12-19/h5-9,11-14,18,22-23H,10,15-17H2,1-4H3/t18-,22-,23-/m1/s1. The highest BCUT2D eigenvalue weighted by Gasteiger charge is 2.41. The molecule has 0 spiro atoms. The minimum atomic E-state index is -0.141. The van der Waals surface area contributed by atoms with E-state index in [0.29, 0.717) is 18.3 Å². The van der Waals surface area contributed by atoms with Crippen molar-refractivity contribution in [2.24, 2.45) is 11.8 Å². The van der Waals surface area contributed by atoms with Crippen LogP contribution < -0.4 is 4.74 Å². The molecule has 0 N–H and O–H groups in total. The third-order valence-electron chi connectivity index (χ3n) is 6.29. The van der Waals surface area contributed by atoms with Crippen LogP contribution in [-0.2, 0) is 21.4 Å². The van der Waals surface area contributed by atoms with Gasteiger partial charge in [-0.2, -0.15) is 0 Å². The zero-order valence-corrected chi connectivity index (χ0v) is 17.5. The number of hydrogen-bond acceptors (Lipinski definition) is 3. The fraction of sp³-hybridized carbons (Fsp3) is 0.480. The zero-order valence-electron chi connectivity index (χ0n) is 17.5. The fourth-order valence-corrected chi connectivity index (χ4v) is 4.49. The van der Waals surface area contributed by atoms with Crippen molar-refractivity contribution >= 4 is 5.97 Å². The van der Waals surface area contributed by atoms with Gasteiger partial charge in [-0.3, -0.25) is 4.79 Å². The van der Waals surface area contributed by atoms with E-state index in [0.717, 1.165) is 24.2 Å². The molecule has 3 nitrogen and oxygen atoms in total. The maximum atomic E-state index is 12.7. The topological polar surface area (TPSA) is 35.5 Å². The number of ether oxygens (including phenoxy) is 2. The summed E-state index contributed by atoms with van der Waals surface area (Å²) < 4.78 is 11.3. The molecular formula is C25H32O3. The second-order valence-electron chi connectivity index (χ2n) is 8.67. The fourth-order valence-electron chi connectivity index (χ4n) is 4.49. The van der Waals surface area contributed by atoms with Crippen LogP contribution in [0.4, 0.5) is 0 Å². The maximum absolute atomic E-state index is 12.7. The van der Waals surface area contributed by atoms with Gasteiger partial charge < -0.3 is 9.47 Å². The first-order valence-electron chi connectivity index (χ1n) is 10.3. The Kier molecular flexibility index (Phi) is 6.43. The number of rotatable bonds is 6. The Morgan fingerprint density at radius 2 is 1.71 bits per heavy atom. The molecule has 3 atom stereocenters. The predicted molar refractivity (Wildman–Crippen MR) is 113 cm³/mol. The number of carbonyl (C=O) groups excluding carboxylic acids is 1. The van der Waals surface area contributed by atoms with Gasteiger partial charge in [0.2, 0.25) is 0 Å². The Labute approximate surface area is 169 Å². The van der Waals surface area contributed by atoms with Crippen LogP contribution in [0.15, 0.2) is 54.6 Å². The summed E-state index contributed by atoms with van der Waals surface area (Å²) in [4.78, 5) is 12.7. The maximum Gasteiger partial charge on any atom is 0.310 e. The predicted octanol–water partition coefficient (Wildman–Crippen LogP) is 5.56. The molecular weight excluding hydrogens is 348 g/mol. The smallest absolute Gasteiger partial charge is 0.310 e. The van der Waals surface area contributed by atoms with E-state index in [1.54, 1.807) is 7.11 Å². The molecule has 1 aliphatic rings. The number of carbonyl (C=O) groups is 1. The molecule has 0 unspecified atom stereocenters. The van der Waals surface area contributed by atoms with Crippen LogP contribution in [0.3, 0.4) is 0 Å². The van der Waals surface area contributed by atoms with Gasteiger partial charge in [0.1, 0.15) is 11.9 Å². The number of esters is 1. The highest BCUT2D eigenvalue weighted by Crippen LogP contribution is 2.43. The van der Waals surface area contributed by atoms with Gasteiger partial charge in [-0.25, -0.2) is 0 Å². The SMILES string of the molecule is COc1ccc(CC(=O)O[C@@H]2C[C@H](C)CC[C@H]2C(C)(C)c2ccccc2)cc1. The van der Waals surface area contributed by atoms with Crippen LogP contribution in [-0.4, -0.2) is 19.2 Å². The van der Waals surface area contributed by atoms with Crippen molar-refractivity contribution in [2.75, 3.05) is 7.11 Å². The molecule has 150 valence electrons. The van der Waals surface area contributed by atoms with E-state index in [4.69, 9.17) is 9.47 Å². The second kappa shape index (κ2) is 8.81. The van der Waals surface area contributed by atoms with Crippen molar-refractivity contribution in [3.8, 4) is 5.75 Å². The molecule has 0 aromatic heterocycles. The van der Waals surface area contributed by atoms with Gasteiger partial charge in [0.05, 0.1) is 13.5 Å². The molecule has 0 bridgehead atoms. The Hall–Kier alpha value is -2.29. The molecule has 3 rings (SSSR count). The van der Waals surface area contributed by atoms with Gasteiger partial charge in [0, 0.05) is 5.92 Å². The van der Waals surface area contributed by atoms with E-state index >= 15 is 0 Å². The van der Waals surface area contributed by atoms with Crippen molar-refractivity contribution in [3.05, 3.63) is 65.7 Å². The Bertz CT molecular complexity index is 764. The second-order valence-corrected chi connectivity index (χ2v) is 8.67. The van der Waals surface area contributed by atoms with E-state index in [1.807, 2.05) is 24.3 Å². The average molecular weight is 381 g/mol. The van der Waals surface area contributed by atoms with E-state index in [-0.39, 0.29) is 17.5 Å². The van der Waals surface area contributed by atoms with Crippen molar-refractivity contribution in [3.63, 3.8) is 0 Å². The summed E-state index contributed by atoms with van der Waals surface area (Å²) >= 11 is 0. The molecule has 0 radical (unpaired) electrons. The molecule has 0 amide bonds. The van der Waals surface area contributed by atoms with Gasteiger partial charge in [-0.05, 0) is 47.4 Å². The van der Waals surface area contributed by atoms with Gasteiger partial charge in [-0.1, -0.05) is 69.7 Å². The quantitative estimate of drug-likeness (QED) is 0.615. The highest BCUT2D eigenvalue weighted by atomic mass is 16.5. The number of methoxy groups -OCH3 is 1. The lowest BCUT2D eigenvalue weighted by atomic mass is 9.64. The third-order valence-corrected chi connectivity index (χ3v) is 6.29. The lowest BCUT2D eigenvalue weighted by molar-refractivity contribution is -0.155. The van der Waals surface area contributed by atoms with Gasteiger partial charge >= 0.3 is 5.97 Å². The normalized spacial score (nSPS) is 22.5. The minimum absolute atomic E-state index is 0.0353. The van der Waals surface area contributed by atoms with Crippen LogP contribution in [0.25, 0.3) is 0 Å². The lowest BCUT2D eigenvalue weighted by Crippen LogP contribution is -2.43. The first-order chi connectivity index (χ1) is 13.4. The molecule has 28 heavy (non-hydrogen) atoms. The summed E-state index contributed by atoms with van der Waals surface area (Å²) in [6.07, 6.45) is 3.48. The summed E-state index contributed by atoms with van der Waals surface area (Å²) in [7, 11) is 1.64. The number of hydrogen-bond donors (Lipinski definition) is 0. The van der Waals surface area contributed by atoms with E-state index in [2.05, 4.69) is 51.1 Å². The summed E-state index contributed by atoms with van der Waals surface area (Å²) in [6.45, 7) is 6.83. The minimum Gasteiger partial charge on any atom is -0.497 e. The van der Waals surface area contributed by atoms with Crippen LogP contribution in [0.2, 0.25) is 0 Å². The largest absolute Gasteiger partial charge is 0.497 e. The molecule has 1 saturated carbocycles. The van der Waals surface area contributed by atoms with Gasteiger partial charge in [0.15, 0.2) is 0 Å². The summed E-state index contributed by atoms with van der Waals surface area (Å²) in [6, 6.07) is 18.2. The first-order valence-corrected chi connectivity index (χ1v) is 10.3. The molecule has 1 aliphatic carbocycles. The number of benzene rings is 2. The molecule has 0 aliphatic heterocycles. The van der Waals surface area contributed by atoms with Gasteiger partial charge in [-0.15, -0.1) is 0 Å². The Morgan fingerprint density at radius 1 is 1.04 bits per heavy atom. The lowest BCUT2D eigenvalue weighted by Gasteiger charge is -2.44. The van der Waals surface area contributed by atoms with E-state index in [1.165, 1.54) is 12.0 Å². The third kappa shape index (κ3) is 4.76. The molecule has 1 fully saturated rings. The van der Waals surface area contributed by atoms with Crippen LogP contribution in [0.5, 0.6) is 5.75 Å². The van der Waals surface area contributed by atoms with Crippen molar-refractivity contribution in [1.29, 1.82) is 0 Å². The van der Waals surface area contributed by atoms with Crippen LogP contribution in [0.1, 0.15) is 51.2 Å². The van der Waals surface area contributed by atoms with Crippen molar-refractivity contribution in [2.45, 2.75) is 58.0 Å². The van der Waals surface area contributed by atoms with E-state index < -0.39 is 0 Å². The molecule has 0 heterocycles. The Morgan fingerprint density at radius 3 is 2.36 bits per heavy atom. The Balaban J connectivity index is 1.72. The average Bonchev–Trinajstić information content (AvgIpc) is 2.69. The monoisotopic (exact) mass is 380 g/mol. The van der Waals surface area contributed by atoms with Crippen molar-refractivity contribution in [1.82, 2.24) is 0 Å². The van der Waals surface area contributed by atoms with Crippen molar-refractivity contribution < 1.29 is 14.3 Å². The highest BCUT2D eigenvalue weighted by molar-refractivity contribution is 5.72. The molecule has 0 saturated heterocycles. The van der Waals surface area contributed by atoms with Gasteiger partial charge in [0.25, 0.3) is 0 Å². The van der Waals surface area contributed by atoms with Crippen LogP contribution in [0, 0.1) is 11.8 Å². The molecule has 2 aromatic carbocycles.